The van der Waals surface area contributed by atoms with Gasteiger partial charge in [0.1, 0.15) is 0 Å². The molecule has 1 unspecified atom stereocenters. The number of hydrogen-bond acceptors (Lipinski definition) is 2. The lowest BCUT2D eigenvalue weighted by Crippen LogP contribution is -2.38. The minimum atomic E-state index is -1.00. The topological polar surface area (TPSA) is 57.6 Å². The fourth-order valence-electron chi connectivity index (χ4n) is 2.53. The third kappa shape index (κ3) is 3.13. The molecule has 0 radical (unpaired) electrons. The van der Waals surface area contributed by atoms with Crippen LogP contribution in [0.2, 0.25) is 0 Å². The van der Waals surface area contributed by atoms with Gasteiger partial charge in [-0.25, -0.2) is 4.79 Å². The van der Waals surface area contributed by atoms with E-state index >= 15 is 0 Å². The number of carbonyl (C=O) groups excluding carboxylic acids is 1. The number of carboxylic acids is 1. The van der Waals surface area contributed by atoms with Crippen LogP contribution in [0.15, 0.2) is 24.3 Å². The highest BCUT2D eigenvalue weighted by Crippen LogP contribution is 2.19. The van der Waals surface area contributed by atoms with Gasteiger partial charge >= 0.3 is 5.97 Å². The second kappa shape index (κ2) is 5.87. The first kappa shape index (κ1) is 13.6. The molecule has 1 amide bonds. The van der Waals surface area contributed by atoms with Crippen molar-refractivity contribution in [2.24, 2.45) is 0 Å². The van der Waals surface area contributed by atoms with Gasteiger partial charge in [0.25, 0.3) is 5.91 Å². The number of carbonyl (C=O) groups is 2. The number of carboxylic acid groups (broad SMARTS) is 1. The molecule has 0 spiro atoms. The van der Waals surface area contributed by atoms with E-state index in [-0.39, 0.29) is 17.5 Å². The Balaban J connectivity index is 2.22. The SMILES string of the molecule is CC1CCCCCN1C(=O)c1cccc(C(=O)O)c1. The van der Waals surface area contributed by atoms with Crippen LogP contribution in [0, 0.1) is 0 Å². The van der Waals surface area contributed by atoms with Gasteiger partial charge < -0.3 is 10.0 Å². The summed E-state index contributed by atoms with van der Waals surface area (Å²) in [6, 6.07) is 6.50. The molecular weight excluding hydrogens is 242 g/mol. The Morgan fingerprint density at radius 2 is 1.95 bits per heavy atom. The Morgan fingerprint density at radius 1 is 1.21 bits per heavy atom. The summed E-state index contributed by atoms with van der Waals surface area (Å²) in [4.78, 5) is 25.3. The number of nitrogens with zero attached hydrogens (tertiary/aromatic N) is 1. The van der Waals surface area contributed by atoms with Crippen molar-refractivity contribution >= 4 is 11.9 Å². The van der Waals surface area contributed by atoms with Crippen molar-refractivity contribution in [2.75, 3.05) is 6.54 Å². The maximum atomic E-state index is 12.5. The summed E-state index contributed by atoms with van der Waals surface area (Å²) in [5, 5.41) is 8.97. The van der Waals surface area contributed by atoms with Gasteiger partial charge in [0, 0.05) is 18.2 Å². The van der Waals surface area contributed by atoms with E-state index in [1.54, 1.807) is 12.1 Å². The lowest BCUT2D eigenvalue weighted by molar-refractivity contribution is 0.0697. The zero-order valence-corrected chi connectivity index (χ0v) is 11.1. The second-order valence-corrected chi connectivity index (χ2v) is 5.08. The smallest absolute Gasteiger partial charge is 0.335 e. The monoisotopic (exact) mass is 261 g/mol. The summed E-state index contributed by atoms with van der Waals surface area (Å²) in [6.07, 6.45) is 4.35. The van der Waals surface area contributed by atoms with Crippen LogP contribution in [0.25, 0.3) is 0 Å². The molecule has 1 N–H and O–H groups in total. The number of rotatable bonds is 2. The van der Waals surface area contributed by atoms with Crippen LogP contribution >= 0.6 is 0 Å². The van der Waals surface area contributed by atoms with Gasteiger partial charge in [0.2, 0.25) is 0 Å². The highest BCUT2D eigenvalue weighted by atomic mass is 16.4. The molecule has 1 heterocycles. The fraction of sp³-hybridized carbons (Fsp3) is 0.467. The highest BCUT2D eigenvalue weighted by Gasteiger charge is 2.23. The zero-order chi connectivity index (χ0) is 13.8. The number of hydrogen-bond donors (Lipinski definition) is 1. The predicted molar refractivity (Wildman–Crippen MR) is 72.4 cm³/mol. The van der Waals surface area contributed by atoms with Crippen LogP contribution < -0.4 is 0 Å². The van der Waals surface area contributed by atoms with E-state index in [1.807, 2.05) is 4.90 Å². The van der Waals surface area contributed by atoms with E-state index in [0.717, 1.165) is 32.2 Å². The Morgan fingerprint density at radius 3 is 2.68 bits per heavy atom. The normalized spacial score (nSPS) is 19.8. The lowest BCUT2D eigenvalue weighted by atomic mass is 10.1. The van der Waals surface area contributed by atoms with E-state index in [4.69, 9.17) is 5.11 Å². The molecule has 2 rings (SSSR count). The largest absolute Gasteiger partial charge is 0.478 e. The Labute approximate surface area is 113 Å². The Kier molecular flexibility index (Phi) is 4.20. The third-order valence-electron chi connectivity index (χ3n) is 3.67. The van der Waals surface area contributed by atoms with Crippen molar-refractivity contribution in [3.05, 3.63) is 35.4 Å². The van der Waals surface area contributed by atoms with Crippen molar-refractivity contribution in [1.82, 2.24) is 4.90 Å². The molecule has 1 atom stereocenters. The Hall–Kier alpha value is -1.84. The molecule has 0 aliphatic carbocycles. The van der Waals surface area contributed by atoms with E-state index in [1.165, 1.54) is 12.1 Å². The van der Waals surface area contributed by atoms with Crippen LogP contribution in [-0.4, -0.2) is 34.5 Å². The lowest BCUT2D eigenvalue weighted by Gasteiger charge is -2.27. The van der Waals surface area contributed by atoms with Gasteiger partial charge in [-0.15, -0.1) is 0 Å². The van der Waals surface area contributed by atoms with Crippen LogP contribution in [0.1, 0.15) is 53.3 Å². The number of likely N-dealkylation sites (tertiary alicyclic amines) is 1. The van der Waals surface area contributed by atoms with Crippen molar-refractivity contribution in [2.45, 2.75) is 38.6 Å². The molecule has 1 aromatic rings. The standard InChI is InChI=1S/C15H19NO3/c1-11-6-3-2-4-9-16(11)14(17)12-7-5-8-13(10-12)15(18)19/h5,7-8,10-11H,2-4,6,9H2,1H3,(H,18,19). The minimum Gasteiger partial charge on any atom is -0.478 e. The molecular formula is C15H19NO3. The minimum absolute atomic E-state index is 0.0579. The van der Waals surface area contributed by atoms with Crippen LogP contribution in [0.5, 0.6) is 0 Å². The summed E-state index contributed by atoms with van der Waals surface area (Å²) in [6.45, 7) is 2.82. The van der Waals surface area contributed by atoms with Crippen molar-refractivity contribution in [3.8, 4) is 0 Å². The van der Waals surface area contributed by atoms with Gasteiger partial charge in [0.05, 0.1) is 5.56 Å². The van der Waals surface area contributed by atoms with Crippen molar-refractivity contribution in [1.29, 1.82) is 0 Å². The molecule has 19 heavy (non-hydrogen) atoms. The molecule has 0 bridgehead atoms. The van der Waals surface area contributed by atoms with Gasteiger partial charge in [-0.1, -0.05) is 18.9 Å². The molecule has 1 fully saturated rings. The van der Waals surface area contributed by atoms with E-state index in [2.05, 4.69) is 6.92 Å². The first-order chi connectivity index (χ1) is 9.09. The summed E-state index contributed by atoms with van der Waals surface area (Å²) in [5.74, 6) is -1.06. The molecule has 1 aliphatic rings. The van der Waals surface area contributed by atoms with Crippen LogP contribution in [-0.2, 0) is 0 Å². The van der Waals surface area contributed by atoms with E-state index in [9.17, 15) is 9.59 Å². The molecule has 102 valence electrons. The van der Waals surface area contributed by atoms with Gasteiger partial charge in [0.15, 0.2) is 0 Å². The maximum absolute atomic E-state index is 12.5. The average molecular weight is 261 g/mol. The van der Waals surface area contributed by atoms with Gasteiger partial charge in [-0.2, -0.15) is 0 Å². The quantitative estimate of drug-likeness (QED) is 0.890. The van der Waals surface area contributed by atoms with Crippen molar-refractivity contribution in [3.63, 3.8) is 0 Å². The molecule has 1 aliphatic heterocycles. The number of benzene rings is 1. The van der Waals surface area contributed by atoms with Gasteiger partial charge in [-0.3, -0.25) is 4.79 Å². The summed E-state index contributed by atoms with van der Waals surface area (Å²) in [7, 11) is 0. The molecule has 0 saturated carbocycles. The second-order valence-electron chi connectivity index (χ2n) is 5.08. The van der Waals surface area contributed by atoms with Gasteiger partial charge in [-0.05, 0) is 38.0 Å². The van der Waals surface area contributed by atoms with Crippen molar-refractivity contribution < 1.29 is 14.7 Å². The third-order valence-corrected chi connectivity index (χ3v) is 3.67. The highest BCUT2D eigenvalue weighted by molar-refractivity contribution is 5.97. The predicted octanol–water partition coefficient (Wildman–Crippen LogP) is 2.79. The first-order valence-corrected chi connectivity index (χ1v) is 6.74. The van der Waals surface area contributed by atoms with E-state index < -0.39 is 5.97 Å². The maximum Gasteiger partial charge on any atom is 0.335 e. The zero-order valence-electron chi connectivity index (χ0n) is 11.1. The van der Waals surface area contributed by atoms with Crippen LogP contribution in [0.3, 0.4) is 0 Å². The molecule has 1 saturated heterocycles. The number of amides is 1. The Bertz CT molecular complexity index is 484. The summed E-state index contributed by atoms with van der Waals surface area (Å²) >= 11 is 0. The van der Waals surface area contributed by atoms with Crippen LogP contribution in [0.4, 0.5) is 0 Å². The summed E-state index contributed by atoms with van der Waals surface area (Å²) in [5.41, 5.74) is 0.627. The molecule has 1 aromatic carbocycles. The fourth-order valence-corrected chi connectivity index (χ4v) is 2.53. The molecule has 0 aromatic heterocycles. The molecule has 4 heteroatoms. The average Bonchev–Trinajstić information content (AvgIpc) is 2.63. The van der Waals surface area contributed by atoms with E-state index in [0.29, 0.717) is 5.56 Å². The summed E-state index contributed by atoms with van der Waals surface area (Å²) < 4.78 is 0. The number of aromatic carboxylic acids is 1. The first-order valence-electron chi connectivity index (χ1n) is 6.74. The molecule has 4 nitrogen and oxygen atoms in total.